The molecule has 0 amide bonds. The Labute approximate surface area is 117 Å². The fourth-order valence-electron chi connectivity index (χ4n) is 2.30. The Morgan fingerprint density at radius 3 is 2.37 bits per heavy atom. The zero-order chi connectivity index (χ0) is 13.9. The molecule has 0 radical (unpaired) electrons. The van der Waals surface area contributed by atoms with Gasteiger partial charge < -0.3 is 5.11 Å². The molecule has 0 saturated heterocycles. The van der Waals surface area contributed by atoms with E-state index in [0.29, 0.717) is 12.8 Å². The third kappa shape index (κ3) is 3.42. The number of nitrogens with zero attached hydrogens (tertiary/aromatic N) is 2. The minimum Gasteiger partial charge on any atom is -0.394 e. The van der Waals surface area contributed by atoms with Gasteiger partial charge in [0.1, 0.15) is 4.90 Å². The first-order chi connectivity index (χ1) is 8.97. The van der Waals surface area contributed by atoms with Crippen molar-refractivity contribution >= 4 is 21.6 Å². The van der Waals surface area contributed by atoms with Crippen molar-refractivity contribution in [2.45, 2.75) is 42.5 Å². The number of nitrogens with one attached hydrogen (secondary N) is 1. The minimum atomic E-state index is -3.74. The lowest BCUT2D eigenvalue weighted by atomic mass is 9.83. The number of rotatable bonds is 4. The molecule has 1 heterocycles. The number of halogens is 1. The molecule has 106 valence electrons. The first-order valence-corrected chi connectivity index (χ1v) is 7.96. The molecule has 1 aliphatic carbocycles. The third-order valence-corrected chi connectivity index (χ3v) is 5.10. The van der Waals surface area contributed by atoms with E-state index in [1.54, 1.807) is 0 Å². The summed E-state index contributed by atoms with van der Waals surface area (Å²) in [5.74, 6) is 0. The average Bonchev–Trinajstić information content (AvgIpc) is 2.40. The zero-order valence-corrected chi connectivity index (χ0v) is 11.9. The van der Waals surface area contributed by atoms with Gasteiger partial charge in [-0.2, -0.15) is 0 Å². The van der Waals surface area contributed by atoms with E-state index in [9.17, 15) is 13.5 Å². The number of sulfonamides is 1. The largest absolute Gasteiger partial charge is 0.394 e. The van der Waals surface area contributed by atoms with Crippen LogP contribution in [0.3, 0.4) is 0 Å². The standard InChI is InChI=1S/C11H16ClN3O3S/c12-10-13-6-9(7-14-10)19(17,18)15-11(8-16)4-2-1-3-5-11/h6-7,15-16H,1-5,8H2. The van der Waals surface area contributed by atoms with Gasteiger partial charge in [0.05, 0.1) is 24.5 Å². The topological polar surface area (TPSA) is 92.2 Å². The Balaban J connectivity index is 2.22. The SMILES string of the molecule is O=S(=O)(NC1(CO)CCCCC1)c1cnc(Cl)nc1. The Hall–Kier alpha value is -0.760. The highest BCUT2D eigenvalue weighted by molar-refractivity contribution is 7.89. The quantitative estimate of drug-likeness (QED) is 0.813. The summed E-state index contributed by atoms with van der Waals surface area (Å²) < 4.78 is 27.1. The van der Waals surface area contributed by atoms with Crippen LogP contribution < -0.4 is 4.72 Å². The molecule has 2 rings (SSSR count). The molecule has 0 bridgehead atoms. The van der Waals surface area contributed by atoms with Crippen molar-refractivity contribution < 1.29 is 13.5 Å². The summed E-state index contributed by atoms with van der Waals surface area (Å²) in [6.45, 7) is -0.208. The molecular formula is C11H16ClN3O3S. The van der Waals surface area contributed by atoms with E-state index in [4.69, 9.17) is 11.6 Å². The number of aromatic nitrogens is 2. The predicted octanol–water partition coefficient (Wildman–Crippen LogP) is 1.10. The first-order valence-electron chi connectivity index (χ1n) is 6.10. The number of hydrogen-bond donors (Lipinski definition) is 2. The smallest absolute Gasteiger partial charge is 0.244 e. The van der Waals surface area contributed by atoms with Gasteiger partial charge in [0, 0.05) is 0 Å². The molecule has 8 heteroatoms. The Morgan fingerprint density at radius 2 is 1.84 bits per heavy atom. The fraction of sp³-hybridized carbons (Fsp3) is 0.636. The Bertz CT molecular complexity index is 527. The van der Waals surface area contributed by atoms with E-state index >= 15 is 0 Å². The van der Waals surface area contributed by atoms with Crippen molar-refractivity contribution in [3.8, 4) is 0 Å². The second-order valence-electron chi connectivity index (χ2n) is 4.79. The summed E-state index contributed by atoms with van der Waals surface area (Å²) in [7, 11) is -3.74. The highest BCUT2D eigenvalue weighted by Gasteiger charge is 2.36. The molecule has 1 fully saturated rings. The lowest BCUT2D eigenvalue weighted by Gasteiger charge is -2.35. The molecule has 2 N–H and O–H groups in total. The van der Waals surface area contributed by atoms with Crippen molar-refractivity contribution in [3.05, 3.63) is 17.7 Å². The van der Waals surface area contributed by atoms with Gasteiger partial charge in [-0.15, -0.1) is 0 Å². The van der Waals surface area contributed by atoms with E-state index in [-0.39, 0.29) is 16.8 Å². The average molecular weight is 306 g/mol. The maximum atomic E-state index is 12.2. The summed E-state index contributed by atoms with van der Waals surface area (Å²) in [6, 6.07) is 0. The maximum absolute atomic E-state index is 12.2. The number of aliphatic hydroxyl groups is 1. The number of aliphatic hydroxyl groups excluding tert-OH is 1. The molecule has 6 nitrogen and oxygen atoms in total. The van der Waals surface area contributed by atoms with Gasteiger partial charge >= 0.3 is 0 Å². The van der Waals surface area contributed by atoms with Crippen molar-refractivity contribution in [3.63, 3.8) is 0 Å². The summed E-state index contributed by atoms with van der Waals surface area (Å²) in [6.07, 6.45) is 6.46. The molecule has 0 unspecified atom stereocenters. The molecule has 0 atom stereocenters. The van der Waals surface area contributed by atoms with Crippen LogP contribution in [0.25, 0.3) is 0 Å². The third-order valence-electron chi connectivity index (χ3n) is 3.37. The van der Waals surface area contributed by atoms with Gasteiger partial charge in [-0.25, -0.2) is 23.1 Å². The van der Waals surface area contributed by atoms with Crippen LogP contribution in [0, 0.1) is 0 Å². The summed E-state index contributed by atoms with van der Waals surface area (Å²) in [5, 5.41) is 9.51. The highest BCUT2D eigenvalue weighted by Crippen LogP contribution is 2.29. The molecule has 1 aromatic rings. The lowest BCUT2D eigenvalue weighted by molar-refractivity contribution is 0.142. The molecule has 1 aromatic heterocycles. The van der Waals surface area contributed by atoms with E-state index in [2.05, 4.69) is 14.7 Å². The van der Waals surface area contributed by atoms with Gasteiger partial charge in [0.2, 0.25) is 15.3 Å². The predicted molar refractivity (Wildman–Crippen MR) is 70.3 cm³/mol. The van der Waals surface area contributed by atoms with Crippen molar-refractivity contribution in [2.24, 2.45) is 0 Å². The zero-order valence-electron chi connectivity index (χ0n) is 10.3. The van der Waals surface area contributed by atoms with Gasteiger partial charge in [0.15, 0.2) is 0 Å². The summed E-state index contributed by atoms with van der Waals surface area (Å²) in [5.41, 5.74) is -0.767. The first kappa shape index (κ1) is 14.6. The van der Waals surface area contributed by atoms with Crippen LogP contribution >= 0.6 is 11.6 Å². The van der Waals surface area contributed by atoms with Crippen LogP contribution in [0.4, 0.5) is 0 Å². The van der Waals surface area contributed by atoms with Crippen molar-refractivity contribution in [1.82, 2.24) is 14.7 Å². The molecule has 19 heavy (non-hydrogen) atoms. The molecule has 1 saturated carbocycles. The van der Waals surface area contributed by atoms with Gasteiger partial charge in [0.25, 0.3) is 0 Å². The molecule has 1 aliphatic rings. The van der Waals surface area contributed by atoms with Gasteiger partial charge in [-0.3, -0.25) is 0 Å². The van der Waals surface area contributed by atoms with Crippen LogP contribution in [0.5, 0.6) is 0 Å². The maximum Gasteiger partial charge on any atom is 0.244 e. The van der Waals surface area contributed by atoms with E-state index in [1.807, 2.05) is 0 Å². The summed E-state index contributed by atoms with van der Waals surface area (Å²) in [4.78, 5) is 7.27. The number of hydrogen-bond acceptors (Lipinski definition) is 5. The lowest BCUT2D eigenvalue weighted by Crippen LogP contribution is -2.52. The highest BCUT2D eigenvalue weighted by atomic mass is 35.5. The van der Waals surface area contributed by atoms with Crippen LogP contribution in [0.1, 0.15) is 32.1 Å². The fourth-order valence-corrected chi connectivity index (χ4v) is 3.74. The van der Waals surface area contributed by atoms with Gasteiger partial charge in [-0.05, 0) is 24.4 Å². The molecule has 0 aliphatic heterocycles. The second kappa shape index (κ2) is 5.70. The van der Waals surface area contributed by atoms with Crippen LogP contribution in [0.2, 0.25) is 5.28 Å². The van der Waals surface area contributed by atoms with Gasteiger partial charge in [-0.1, -0.05) is 19.3 Å². The van der Waals surface area contributed by atoms with Crippen molar-refractivity contribution in [1.29, 1.82) is 0 Å². The van der Waals surface area contributed by atoms with E-state index in [0.717, 1.165) is 31.7 Å². The normalized spacial score (nSPS) is 19.3. The van der Waals surface area contributed by atoms with Crippen LogP contribution in [0.15, 0.2) is 17.3 Å². The summed E-state index contributed by atoms with van der Waals surface area (Å²) >= 11 is 5.53. The Kier molecular flexibility index (Phi) is 4.39. The second-order valence-corrected chi connectivity index (χ2v) is 6.81. The van der Waals surface area contributed by atoms with Crippen molar-refractivity contribution in [2.75, 3.05) is 6.61 Å². The molecule has 0 spiro atoms. The van der Waals surface area contributed by atoms with E-state index < -0.39 is 15.6 Å². The van der Waals surface area contributed by atoms with Crippen LogP contribution in [-0.2, 0) is 10.0 Å². The minimum absolute atomic E-state index is 0.00603. The molecule has 0 aromatic carbocycles. The Morgan fingerprint density at radius 1 is 1.26 bits per heavy atom. The monoisotopic (exact) mass is 305 g/mol. The van der Waals surface area contributed by atoms with E-state index in [1.165, 1.54) is 0 Å². The van der Waals surface area contributed by atoms with Crippen LogP contribution in [-0.4, -0.2) is 35.6 Å². The molecular weight excluding hydrogens is 290 g/mol.